The molecule has 2 aliphatic rings. The van der Waals surface area contributed by atoms with Crippen molar-refractivity contribution < 1.29 is 9.53 Å². The van der Waals surface area contributed by atoms with Crippen molar-refractivity contribution in [1.29, 1.82) is 0 Å². The van der Waals surface area contributed by atoms with Crippen molar-refractivity contribution in [1.82, 2.24) is 5.01 Å². The zero-order chi connectivity index (χ0) is 11.7. The minimum Gasteiger partial charge on any atom is -0.365 e. The third-order valence-electron chi connectivity index (χ3n) is 2.84. The van der Waals surface area contributed by atoms with Crippen molar-refractivity contribution in [3.63, 3.8) is 0 Å². The van der Waals surface area contributed by atoms with Gasteiger partial charge in [-0.15, -0.1) is 0 Å². The van der Waals surface area contributed by atoms with Crippen molar-refractivity contribution in [2.45, 2.75) is 6.42 Å². The van der Waals surface area contributed by atoms with Gasteiger partial charge in [0.1, 0.15) is 6.61 Å². The third-order valence-corrected chi connectivity index (χ3v) is 2.84. The van der Waals surface area contributed by atoms with Crippen LogP contribution >= 0.6 is 0 Å². The van der Waals surface area contributed by atoms with Gasteiger partial charge < -0.3 is 4.74 Å². The zero-order valence-corrected chi connectivity index (χ0v) is 9.30. The van der Waals surface area contributed by atoms with E-state index in [0.717, 1.165) is 23.4 Å². The van der Waals surface area contributed by atoms with Gasteiger partial charge in [-0.3, -0.25) is 4.79 Å². The van der Waals surface area contributed by atoms with Gasteiger partial charge in [-0.05, 0) is 5.56 Å². The molecule has 2 heterocycles. The molecule has 2 aliphatic heterocycles. The average molecular weight is 228 g/mol. The number of fused-ring (bicyclic) bond motifs is 1. The first-order chi connectivity index (χ1) is 8.34. The van der Waals surface area contributed by atoms with Crippen LogP contribution in [0.3, 0.4) is 0 Å². The Bertz CT molecular complexity index is 505. The Labute approximate surface area is 99.2 Å². The molecule has 0 saturated carbocycles. The lowest BCUT2D eigenvalue weighted by Gasteiger charge is -2.29. The lowest BCUT2D eigenvalue weighted by molar-refractivity contribution is -0.138. The molecule has 86 valence electrons. The number of nitrogens with zero attached hydrogens (tertiary/aromatic N) is 2. The van der Waals surface area contributed by atoms with E-state index in [2.05, 4.69) is 5.10 Å². The van der Waals surface area contributed by atoms with Crippen molar-refractivity contribution in [3.8, 4) is 0 Å². The summed E-state index contributed by atoms with van der Waals surface area (Å²) in [5.41, 5.74) is 2.83. The molecule has 1 aromatic carbocycles. The van der Waals surface area contributed by atoms with Gasteiger partial charge in [0.25, 0.3) is 5.91 Å². The molecule has 0 spiro atoms. The second-order valence-electron chi connectivity index (χ2n) is 4.01. The summed E-state index contributed by atoms with van der Waals surface area (Å²) in [5.74, 6) is -0.101. The highest BCUT2D eigenvalue weighted by Crippen LogP contribution is 2.20. The van der Waals surface area contributed by atoms with Crippen LogP contribution in [-0.4, -0.2) is 29.8 Å². The first-order valence-electron chi connectivity index (χ1n) is 5.57. The molecule has 4 heteroatoms. The van der Waals surface area contributed by atoms with Crippen LogP contribution in [0.15, 0.2) is 47.2 Å². The lowest BCUT2D eigenvalue weighted by atomic mass is 10.1. The fourth-order valence-corrected chi connectivity index (χ4v) is 1.97. The Morgan fingerprint density at radius 2 is 2.00 bits per heavy atom. The first kappa shape index (κ1) is 10.2. The number of hydrazone groups is 1. The van der Waals surface area contributed by atoms with Crippen LogP contribution in [-0.2, 0) is 9.53 Å². The largest absolute Gasteiger partial charge is 0.365 e. The van der Waals surface area contributed by atoms with Gasteiger partial charge in [-0.1, -0.05) is 36.4 Å². The van der Waals surface area contributed by atoms with Crippen molar-refractivity contribution in [2.75, 3.05) is 13.2 Å². The number of amides is 1. The molecule has 17 heavy (non-hydrogen) atoms. The van der Waals surface area contributed by atoms with Crippen LogP contribution in [0, 0.1) is 0 Å². The van der Waals surface area contributed by atoms with Gasteiger partial charge >= 0.3 is 0 Å². The highest BCUT2D eigenvalue weighted by Gasteiger charge is 2.26. The van der Waals surface area contributed by atoms with Crippen molar-refractivity contribution >= 4 is 11.6 Å². The summed E-state index contributed by atoms with van der Waals surface area (Å²) in [6, 6.07) is 9.91. The van der Waals surface area contributed by atoms with Crippen molar-refractivity contribution in [2.24, 2.45) is 5.10 Å². The highest BCUT2D eigenvalue weighted by atomic mass is 16.5. The molecule has 0 radical (unpaired) electrons. The topological polar surface area (TPSA) is 41.9 Å². The van der Waals surface area contributed by atoms with Gasteiger partial charge in [-0.2, -0.15) is 5.10 Å². The Balaban J connectivity index is 1.93. The monoisotopic (exact) mass is 228 g/mol. The van der Waals surface area contributed by atoms with E-state index in [0.29, 0.717) is 6.61 Å². The quantitative estimate of drug-likeness (QED) is 0.731. The number of allylic oxidation sites excluding steroid dienone is 1. The minimum absolute atomic E-state index is 0.101. The summed E-state index contributed by atoms with van der Waals surface area (Å²) >= 11 is 0. The molecule has 4 nitrogen and oxygen atoms in total. The van der Waals surface area contributed by atoms with Crippen molar-refractivity contribution in [3.05, 3.63) is 47.7 Å². The number of benzene rings is 1. The van der Waals surface area contributed by atoms with Crippen LogP contribution in [0.2, 0.25) is 0 Å². The molecular weight excluding hydrogens is 216 g/mol. The number of hydrogen-bond acceptors (Lipinski definition) is 3. The SMILES string of the molecule is O=C1COCC2=CCC(c3ccccc3)=NN12. The van der Waals surface area contributed by atoms with Crippen LogP contribution in [0.25, 0.3) is 0 Å². The summed E-state index contributed by atoms with van der Waals surface area (Å²) in [4.78, 5) is 11.7. The standard InChI is InChI=1S/C13H12N2O2/c16-13-9-17-8-11-6-7-12(14-15(11)13)10-4-2-1-3-5-10/h1-6H,7-9H2. The van der Waals surface area contributed by atoms with Gasteiger partial charge in [-0.25, -0.2) is 5.01 Å². The Morgan fingerprint density at radius 3 is 2.82 bits per heavy atom. The van der Waals surface area contributed by atoms with E-state index < -0.39 is 0 Å². The van der Waals surface area contributed by atoms with E-state index in [-0.39, 0.29) is 12.5 Å². The van der Waals surface area contributed by atoms with E-state index in [1.165, 1.54) is 5.01 Å². The summed E-state index contributed by atoms with van der Waals surface area (Å²) in [6.07, 6.45) is 2.75. The third kappa shape index (κ3) is 1.87. The van der Waals surface area contributed by atoms with Gasteiger partial charge in [0, 0.05) is 6.42 Å². The number of carbonyl (C=O) groups is 1. The average Bonchev–Trinajstić information content (AvgIpc) is 2.40. The Morgan fingerprint density at radius 1 is 1.18 bits per heavy atom. The first-order valence-corrected chi connectivity index (χ1v) is 5.57. The molecule has 1 aromatic rings. The Hall–Kier alpha value is -1.94. The lowest BCUT2D eigenvalue weighted by Crippen LogP contribution is -2.38. The summed E-state index contributed by atoms with van der Waals surface area (Å²) in [7, 11) is 0. The number of rotatable bonds is 1. The molecule has 0 bridgehead atoms. The summed E-state index contributed by atoms with van der Waals surface area (Å²) in [6.45, 7) is 0.584. The second-order valence-corrected chi connectivity index (χ2v) is 4.01. The predicted molar refractivity (Wildman–Crippen MR) is 63.3 cm³/mol. The molecular formula is C13H12N2O2. The molecule has 1 fully saturated rings. The van der Waals surface area contributed by atoms with E-state index in [1.807, 2.05) is 36.4 Å². The molecule has 0 unspecified atom stereocenters. The number of hydrogen-bond donors (Lipinski definition) is 0. The number of carbonyl (C=O) groups excluding carboxylic acids is 1. The molecule has 0 aromatic heterocycles. The number of morpholine rings is 1. The van der Waals surface area contributed by atoms with Crippen LogP contribution in [0.5, 0.6) is 0 Å². The van der Waals surface area contributed by atoms with E-state index in [9.17, 15) is 4.79 Å². The molecule has 0 aliphatic carbocycles. The normalized spacial score (nSPS) is 19.5. The molecule has 1 saturated heterocycles. The minimum atomic E-state index is -0.101. The van der Waals surface area contributed by atoms with Gasteiger partial charge in [0.15, 0.2) is 0 Å². The van der Waals surface area contributed by atoms with Crippen LogP contribution < -0.4 is 0 Å². The van der Waals surface area contributed by atoms with Gasteiger partial charge in [0.05, 0.1) is 18.0 Å². The maximum atomic E-state index is 11.7. The van der Waals surface area contributed by atoms with Crippen LogP contribution in [0.4, 0.5) is 0 Å². The van der Waals surface area contributed by atoms with E-state index in [4.69, 9.17) is 4.74 Å². The maximum Gasteiger partial charge on any atom is 0.273 e. The molecule has 0 N–H and O–H groups in total. The fraction of sp³-hybridized carbons (Fsp3) is 0.231. The zero-order valence-electron chi connectivity index (χ0n) is 9.30. The van der Waals surface area contributed by atoms with E-state index in [1.54, 1.807) is 0 Å². The molecule has 0 atom stereocenters. The Kier molecular flexibility index (Phi) is 2.49. The second kappa shape index (κ2) is 4.14. The number of ether oxygens (including phenoxy) is 1. The molecule has 1 amide bonds. The smallest absolute Gasteiger partial charge is 0.273 e. The summed E-state index contributed by atoms with van der Waals surface area (Å²) < 4.78 is 5.16. The predicted octanol–water partition coefficient (Wildman–Crippen LogP) is 1.54. The van der Waals surface area contributed by atoms with E-state index >= 15 is 0 Å². The fourth-order valence-electron chi connectivity index (χ4n) is 1.97. The van der Waals surface area contributed by atoms with Gasteiger partial charge in [0.2, 0.25) is 0 Å². The molecule has 3 rings (SSSR count). The van der Waals surface area contributed by atoms with Crippen LogP contribution in [0.1, 0.15) is 12.0 Å². The highest BCUT2D eigenvalue weighted by molar-refractivity contribution is 6.02. The maximum absolute atomic E-state index is 11.7. The summed E-state index contributed by atoms with van der Waals surface area (Å²) in [5, 5.41) is 5.87.